The van der Waals surface area contributed by atoms with Crippen molar-refractivity contribution in [2.24, 2.45) is 5.73 Å². The molecule has 1 aromatic heterocycles. The second-order valence-electron chi connectivity index (χ2n) is 5.16. The molecule has 1 heterocycles. The predicted molar refractivity (Wildman–Crippen MR) is 66.4 cm³/mol. The normalized spacial score (nSPS) is 20.6. The van der Waals surface area contributed by atoms with Gasteiger partial charge in [-0.15, -0.1) is 0 Å². The number of nitrogens with zero attached hydrogens (tertiary/aromatic N) is 2. The van der Waals surface area contributed by atoms with Crippen LogP contribution in [0, 0.1) is 0 Å². The lowest BCUT2D eigenvalue weighted by Gasteiger charge is -2.22. The highest BCUT2D eigenvalue weighted by Crippen LogP contribution is 2.32. The zero-order valence-electron chi connectivity index (χ0n) is 10.6. The average molecular weight is 273 g/mol. The summed E-state index contributed by atoms with van der Waals surface area (Å²) in [5.41, 5.74) is 5.73. The minimum absolute atomic E-state index is 0.196. The molecule has 0 unspecified atom stereocenters. The maximum Gasteiger partial charge on any atom is 0.246 e. The molecule has 1 aliphatic rings. The molecule has 0 spiro atoms. The smallest absolute Gasteiger partial charge is 0.246 e. The first-order valence-corrected chi connectivity index (χ1v) is 8.25. The number of aromatic nitrogens is 2. The lowest BCUT2D eigenvalue weighted by Crippen LogP contribution is -2.36. The zero-order chi connectivity index (χ0) is 13.2. The average Bonchev–Trinajstić information content (AvgIpc) is 2.58. The van der Waals surface area contributed by atoms with E-state index in [1.165, 1.54) is 12.8 Å². The van der Waals surface area contributed by atoms with Crippen molar-refractivity contribution in [1.82, 2.24) is 10.1 Å². The van der Waals surface area contributed by atoms with Gasteiger partial charge in [0.25, 0.3) is 0 Å². The SMILES string of the molecule is CS(=O)(=O)Cc1noc(C2(N)CCCCCC2)n1. The summed E-state index contributed by atoms with van der Waals surface area (Å²) in [5, 5.41) is 3.71. The molecule has 2 N–H and O–H groups in total. The van der Waals surface area contributed by atoms with Gasteiger partial charge in [-0.25, -0.2) is 8.42 Å². The van der Waals surface area contributed by atoms with Gasteiger partial charge >= 0.3 is 0 Å². The monoisotopic (exact) mass is 273 g/mol. The van der Waals surface area contributed by atoms with E-state index in [1.807, 2.05) is 0 Å². The second kappa shape index (κ2) is 4.97. The summed E-state index contributed by atoms with van der Waals surface area (Å²) in [6, 6.07) is 0. The topological polar surface area (TPSA) is 99.1 Å². The van der Waals surface area contributed by atoms with Gasteiger partial charge in [-0.1, -0.05) is 30.8 Å². The van der Waals surface area contributed by atoms with E-state index in [9.17, 15) is 8.42 Å². The van der Waals surface area contributed by atoms with Gasteiger partial charge in [-0.3, -0.25) is 0 Å². The summed E-state index contributed by atoms with van der Waals surface area (Å²) in [6.45, 7) is 0. The van der Waals surface area contributed by atoms with Crippen LogP contribution in [0.3, 0.4) is 0 Å². The van der Waals surface area contributed by atoms with E-state index >= 15 is 0 Å². The van der Waals surface area contributed by atoms with Gasteiger partial charge in [0, 0.05) is 6.26 Å². The lowest BCUT2D eigenvalue weighted by molar-refractivity contribution is 0.256. The number of nitrogens with two attached hydrogens (primary N) is 1. The standard InChI is InChI=1S/C11H19N3O3S/c1-18(15,16)8-9-13-10(17-14-9)11(12)6-4-2-3-5-7-11/h2-8,12H2,1H3. The van der Waals surface area contributed by atoms with Crippen molar-refractivity contribution in [3.05, 3.63) is 11.7 Å². The van der Waals surface area contributed by atoms with Crippen molar-refractivity contribution in [2.45, 2.75) is 49.8 Å². The molecule has 7 heteroatoms. The predicted octanol–water partition coefficient (Wildman–Crippen LogP) is 1.12. The molecule has 1 saturated carbocycles. The maximum absolute atomic E-state index is 11.2. The maximum atomic E-state index is 11.2. The van der Waals surface area contributed by atoms with E-state index in [4.69, 9.17) is 10.3 Å². The molecule has 1 fully saturated rings. The molecule has 1 aliphatic carbocycles. The molecule has 0 amide bonds. The van der Waals surface area contributed by atoms with Crippen molar-refractivity contribution < 1.29 is 12.9 Å². The van der Waals surface area contributed by atoms with E-state index in [2.05, 4.69) is 10.1 Å². The van der Waals surface area contributed by atoms with Crippen LogP contribution >= 0.6 is 0 Å². The van der Waals surface area contributed by atoms with Crippen LogP contribution in [-0.2, 0) is 21.1 Å². The van der Waals surface area contributed by atoms with Crippen LogP contribution in [0.1, 0.15) is 50.2 Å². The van der Waals surface area contributed by atoms with E-state index in [-0.39, 0.29) is 11.6 Å². The van der Waals surface area contributed by atoms with Gasteiger partial charge in [-0.05, 0) is 12.8 Å². The van der Waals surface area contributed by atoms with Crippen LogP contribution in [0.15, 0.2) is 4.52 Å². The van der Waals surface area contributed by atoms with Crippen molar-refractivity contribution in [2.75, 3.05) is 6.26 Å². The fraction of sp³-hybridized carbons (Fsp3) is 0.818. The summed E-state index contributed by atoms with van der Waals surface area (Å²) in [4.78, 5) is 4.15. The van der Waals surface area contributed by atoms with Gasteiger partial charge in [-0.2, -0.15) is 4.98 Å². The molecule has 1 aromatic rings. The minimum atomic E-state index is -3.15. The van der Waals surface area contributed by atoms with Crippen LogP contribution in [-0.4, -0.2) is 24.8 Å². The quantitative estimate of drug-likeness (QED) is 0.828. The van der Waals surface area contributed by atoms with Crippen molar-refractivity contribution in [1.29, 1.82) is 0 Å². The summed E-state index contributed by atoms with van der Waals surface area (Å²) >= 11 is 0. The van der Waals surface area contributed by atoms with E-state index in [1.54, 1.807) is 0 Å². The number of hydrogen-bond donors (Lipinski definition) is 1. The third-order valence-electron chi connectivity index (χ3n) is 3.28. The minimum Gasteiger partial charge on any atom is -0.337 e. The fourth-order valence-corrected chi connectivity index (χ4v) is 2.91. The lowest BCUT2D eigenvalue weighted by atomic mass is 9.91. The Kier molecular flexibility index (Phi) is 3.72. The number of rotatable bonds is 3. The Bertz CT molecular complexity index is 501. The second-order valence-corrected chi connectivity index (χ2v) is 7.30. The Labute approximate surface area is 107 Å². The molecule has 2 rings (SSSR count). The summed E-state index contributed by atoms with van der Waals surface area (Å²) in [7, 11) is -3.15. The van der Waals surface area contributed by atoms with Gasteiger partial charge in [0.2, 0.25) is 5.89 Å². The molecule has 18 heavy (non-hydrogen) atoms. The van der Waals surface area contributed by atoms with E-state index in [0.29, 0.717) is 5.89 Å². The highest BCUT2D eigenvalue weighted by atomic mass is 32.2. The van der Waals surface area contributed by atoms with Crippen LogP contribution < -0.4 is 5.73 Å². The first kappa shape index (κ1) is 13.5. The number of sulfone groups is 1. The van der Waals surface area contributed by atoms with Crippen LogP contribution in [0.4, 0.5) is 0 Å². The summed E-state index contributed by atoms with van der Waals surface area (Å²) in [6.07, 6.45) is 7.20. The van der Waals surface area contributed by atoms with Crippen LogP contribution in [0.5, 0.6) is 0 Å². The molecule has 0 radical (unpaired) electrons. The molecule has 6 nitrogen and oxygen atoms in total. The summed E-state index contributed by atoms with van der Waals surface area (Å²) < 4.78 is 27.5. The Morgan fingerprint density at radius 1 is 1.28 bits per heavy atom. The summed E-state index contributed by atoms with van der Waals surface area (Å²) in [5.74, 6) is 0.372. The Hall–Kier alpha value is -0.950. The largest absolute Gasteiger partial charge is 0.337 e. The fourth-order valence-electron chi connectivity index (χ4n) is 2.32. The third-order valence-corrected chi connectivity index (χ3v) is 4.06. The zero-order valence-corrected chi connectivity index (χ0v) is 11.4. The van der Waals surface area contributed by atoms with Crippen molar-refractivity contribution >= 4 is 9.84 Å². The van der Waals surface area contributed by atoms with Crippen molar-refractivity contribution in [3.63, 3.8) is 0 Å². The Morgan fingerprint density at radius 3 is 2.44 bits per heavy atom. The Morgan fingerprint density at radius 2 is 1.89 bits per heavy atom. The molecule has 0 aromatic carbocycles. The molecule has 0 aliphatic heterocycles. The van der Waals surface area contributed by atoms with Gasteiger partial charge in [0.05, 0.1) is 5.54 Å². The van der Waals surface area contributed by atoms with Crippen molar-refractivity contribution in [3.8, 4) is 0 Å². The van der Waals surface area contributed by atoms with Crippen LogP contribution in [0.2, 0.25) is 0 Å². The molecule has 0 saturated heterocycles. The highest BCUT2D eigenvalue weighted by Gasteiger charge is 2.34. The molecule has 0 bridgehead atoms. The first-order valence-electron chi connectivity index (χ1n) is 6.19. The third kappa shape index (κ3) is 3.29. The highest BCUT2D eigenvalue weighted by molar-refractivity contribution is 7.89. The first-order chi connectivity index (χ1) is 8.39. The van der Waals surface area contributed by atoms with Gasteiger partial charge in [0.1, 0.15) is 5.75 Å². The molecule has 102 valence electrons. The Balaban J connectivity index is 2.17. The van der Waals surface area contributed by atoms with Crippen LogP contribution in [0.25, 0.3) is 0 Å². The molecular weight excluding hydrogens is 254 g/mol. The molecular formula is C11H19N3O3S. The van der Waals surface area contributed by atoms with E-state index in [0.717, 1.165) is 31.9 Å². The van der Waals surface area contributed by atoms with E-state index < -0.39 is 15.4 Å². The number of hydrogen-bond acceptors (Lipinski definition) is 6. The van der Waals surface area contributed by atoms with Gasteiger partial charge < -0.3 is 10.3 Å². The van der Waals surface area contributed by atoms with Gasteiger partial charge in [0.15, 0.2) is 15.7 Å². The molecule has 0 atom stereocenters.